The molecule has 1 atom stereocenters. The van der Waals surface area contributed by atoms with E-state index in [4.69, 9.17) is 10.4 Å². The normalized spacial score (nSPS) is 12.0. The predicted octanol–water partition coefficient (Wildman–Crippen LogP) is 0.247. The lowest BCUT2D eigenvalue weighted by molar-refractivity contribution is -0.140. The summed E-state index contributed by atoms with van der Waals surface area (Å²) in [6.07, 6.45) is 0.252. The van der Waals surface area contributed by atoms with Crippen molar-refractivity contribution in [3.05, 3.63) is 0 Å². The quantitative estimate of drug-likeness (QED) is 0.612. The minimum atomic E-state index is -1.08. The molecule has 0 saturated heterocycles. The predicted molar refractivity (Wildman–Crippen MR) is 33.2 cm³/mol. The first-order valence-corrected chi connectivity index (χ1v) is 2.83. The lowest BCUT2D eigenvalue weighted by Crippen LogP contribution is -2.13. The fourth-order valence-electron chi connectivity index (χ4n) is 0.479. The van der Waals surface area contributed by atoms with Gasteiger partial charge in [-0.15, -0.1) is 0 Å². The Hall–Kier alpha value is -1.08. The maximum Gasteiger partial charge on any atom is 0.320 e. The molecular formula is C6H9NO3. The second-order valence-electron chi connectivity index (χ2n) is 1.80. The molecule has 0 amide bonds. The van der Waals surface area contributed by atoms with Crippen molar-refractivity contribution in [3.63, 3.8) is 0 Å². The zero-order valence-electron chi connectivity index (χ0n) is 5.70. The van der Waals surface area contributed by atoms with E-state index in [-0.39, 0.29) is 6.42 Å². The van der Waals surface area contributed by atoms with Crippen molar-refractivity contribution < 1.29 is 14.6 Å². The monoisotopic (exact) mass is 143 g/mol. The molecule has 1 N–H and O–H groups in total. The molecule has 0 aliphatic carbocycles. The Morgan fingerprint density at radius 3 is 2.80 bits per heavy atom. The highest BCUT2D eigenvalue weighted by molar-refractivity contribution is 5.72. The van der Waals surface area contributed by atoms with Gasteiger partial charge in [-0.05, 0) is 6.42 Å². The number of carbonyl (C=O) groups is 1. The summed E-state index contributed by atoms with van der Waals surface area (Å²) in [5.41, 5.74) is 0. The van der Waals surface area contributed by atoms with Gasteiger partial charge in [0.05, 0.1) is 6.07 Å². The molecule has 4 heteroatoms. The van der Waals surface area contributed by atoms with E-state index in [0.717, 1.165) is 0 Å². The van der Waals surface area contributed by atoms with Crippen LogP contribution in [0.2, 0.25) is 0 Å². The van der Waals surface area contributed by atoms with Gasteiger partial charge in [-0.2, -0.15) is 5.26 Å². The molecule has 0 radical (unpaired) electrons. The van der Waals surface area contributed by atoms with E-state index in [1.54, 1.807) is 6.07 Å². The van der Waals surface area contributed by atoms with Gasteiger partial charge in [-0.3, -0.25) is 4.79 Å². The molecule has 0 aliphatic heterocycles. The summed E-state index contributed by atoms with van der Waals surface area (Å²) in [6.45, 7) is 0.310. The highest BCUT2D eigenvalue weighted by atomic mass is 16.5. The maximum absolute atomic E-state index is 10.2. The van der Waals surface area contributed by atoms with E-state index in [9.17, 15) is 4.79 Å². The van der Waals surface area contributed by atoms with Crippen LogP contribution in [0, 0.1) is 17.2 Å². The van der Waals surface area contributed by atoms with E-state index in [1.807, 2.05) is 0 Å². The van der Waals surface area contributed by atoms with Crippen LogP contribution in [-0.2, 0) is 9.53 Å². The van der Waals surface area contributed by atoms with Crippen molar-refractivity contribution in [1.29, 1.82) is 5.26 Å². The fourth-order valence-corrected chi connectivity index (χ4v) is 0.479. The van der Waals surface area contributed by atoms with Crippen molar-refractivity contribution in [3.8, 4) is 6.07 Å². The Morgan fingerprint density at radius 2 is 2.50 bits per heavy atom. The van der Waals surface area contributed by atoms with Gasteiger partial charge in [-0.25, -0.2) is 0 Å². The van der Waals surface area contributed by atoms with Crippen LogP contribution >= 0.6 is 0 Å². The minimum absolute atomic E-state index is 0.252. The Bertz CT molecular complexity index is 150. The van der Waals surface area contributed by atoms with Crippen LogP contribution in [0.25, 0.3) is 0 Å². The molecule has 0 bridgehead atoms. The van der Waals surface area contributed by atoms with Crippen molar-refractivity contribution in [2.45, 2.75) is 6.42 Å². The van der Waals surface area contributed by atoms with Crippen molar-refractivity contribution in [2.75, 3.05) is 13.7 Å². The number of methoxy groups -OCH3 is 1. The number of hydrogen-bond donors (Lipinski definition) is 1. The topological polar surface area (TPSA) is 70.3 Å². The average Bonchev–Trinajstić information content (AvgIpc) is 1.89. The molecule has 0 spiro atoms. The van der Waals surface area contributed by atoms with Crippen molar-refractivity contribution in [1.82, 2.24) is 0 Å². The largest absolute Gasteiger partial charge is 0.480 e. The van der Waals surface area contributed by atoms with Gasteiger partial charge in [0, 0.05) is 13.7 Å². The molecule has 0 heterocycles. The van der Waals surface area contributed by atoms with Gasteiger partial charge in [0.15, 0.2) is 0 Å². The highest BCUT2D eigenvalue weighted by Crippen LogP contribution is 2.00. The van der Waals surface area contributed by atoms with E-state index in [1.165, 1.54) is 7.11 Å². The summed E-state index contributed by atoms with van der Waals surface area (Å²) < 4.78 is 4.61. The van der Waals surface area contributed by atoms with Gasteiger partial charge in [-0.1, -0.05) is 0 Å². The summed E-state index contributed by atoms with van der Waals surface area (Å²) in [4.78, 5) is 10.2. The first-order valence-electron chi connectivity index (χ1n) is 2.83. The number of ether oxygens (including phenoxy) is 1. The summed E-state index contributed by atoms with van der Waals surface area (Å²) in [6, 6.07) is 1.66. The molecular weight excluding hydrogens is 134 g/mol. The highest BCUT2D eigenvalue weighted by Gasteiger charge is 2.14. The van der Waals surface area contributed by atoms with Crippen LogP contribution in [0.3, 0.4) is 0 Å². The molecule has 0 aliphatic rings. The fraction of sp³-hybridized carbons (Fsp3) is 0.667. The number of rotatable bonds is 4. The lowest BCUT2D eigenvalue weighted by atomic mass is 10.1. The number of aliphatic carboxylic acids is 1. The number of hydrogen-bond acceptors (Lipinski definition) is 3. The average molecular weight is 143 g/mol. The Balaban J connectivity index is 3.64. The molecule has 0 saturated carbocycles. The first kappa shape index (κ1) is 8.92. The Kier molecular flexibility index (Phi) is 4.25. The Labute approximate surface area is 59.0 Å². The third-order valence-corrected chi connectivity index (χ3v) is 1.06. The van der Waals surface area contributed by atoms with Gasteiger partial charge in [0.1, 0.15) is 5.92 Å². The molecule has 0 rings (SSSR count). The number of nitrogens with zero attached hydrogens (tertiary/aromatic N) is 1. The van der Waals surface area contributed by atoms with Crippen LogP contribution in [-0.4, -0.2) is 24.8 Å². The minimum Gasteiger partial charge on any atom is -0.480 e. The van der Waals surface area contributed by atoms with Crippen LogP contribution in [0.1, 0.15) is 6.42 Å². The number of carboxylic acid groups (broad SMARTS) is 1. The second kappa shape index (κ2) is 4.77. The first-order chi connectivity index (χ1) is 4.72. The van der Waals surface area contributed by atoms with E-state index >= 15 is 0 Å². The van der Waals surface area contributed by atoms with Crippen LogP contribution in [0.5, 0.6) is 0 Å². The van der Waals surface area contributed by atoms with Crippen LogP contribution in [0.15, 0.2) is 0 Å². The zero-order chi connectivity index (χ0) is 7.98. The molecule has 10 heavy (non-hydrogen) atoms. The van der Waals surface area contributed by atoms with Gasteiger partial charge in [0.25, 0.3) is 0 Å². The van der Waals surface area contributed by atoms with Crippen LogP contribution < -0.4 is 0 Å². The third-order valence-electron chi connectivity index (χ3n) is 1.06. The number of nitriles is 1. The van der Waals surface area contributed by atoms with Crippen LogP contribution in [0.4, 0.5) is 0 Å². The molecule has 0 aromatic heterocycles. The molecule has 0 aromatic rings. The standard InChI is InChI=1S/C6H9NO3/c1-10-3-2-5(4-7)6(8)9/h5H,2-3H2,1H3,(H,8,9). The van der Waals surface area contributed by atoms with Gasteiger partial charge < -0.3 is 9.84 Å². The molecule has 1 unspecified atom stereocenters. The lowest BCUT2D eigenvalue weighted by Gasteiger charge is -2.00. The van der Waals surface area contributed by atoms with E-state index in [2.05, 4.69) is 4.74 Å². The molecule has 56 valence electrons. The summed E-state index contributed by atoms with van der Waals surface area (Å²) in [5.74, 6) is -2.01. The zero-order valence-corrected chi connectivity index (χ0v) is 5.70. The Morgan fingerprint density at radius 1 is 1.90 bits per heavy atom. The van der Waals surface area contributed by atoms with Crippen molar-refractivity contribution in [2.24, 2.45) is 5.92 Å². The van der Waals surface area contributed by atoms with E-state index < -0.39 is 11.9 Å². The smallest absolute Gasteiger partial charge is 0.320 e. The maximum atomic E-state index is 10.2. The summed E-state index contributed by atoms with van der Waals surface area (Å²) in [7, 11) is 1.47. The molecule has 0 fully saturated rings. The number of carboxylic acids is 1. The van der Waals surface area contributed by atoms with Crippen molar-refractivity contribution >= 4 is 5.97 Å². The van der Waals surface area contributed by atoms with Gasteiger partial charge >= 0.3 is 5.97 Å². The SMILES string of the molecule is COCCC(C#N)C(=O)O. The third kappa shape index (κ3) is 3.05. The van der Waals surface area contributed by atoms with Gasteiger partial charge in [0.2, 0.25) is 0 Å². The summed E-state index contributed by atoms with van der Waals surface area (Å²) >= 11 is 0. The molecule has 0 aromatic carbocycles. The summed E-state index contributed by atoms with van der Waals surface area (Å²) in [5, 5.41) is 16.6. The molecule has 4 nitrogen and oxygen atoms in total. The van der Waals surface area contributed by atoms with E-state index in [0.29, 0.717) is 6.61 Å². The second-order valence-corrected chi connectivity index (χ2v) is 1.80.